The van der Waals surface area contributed by atoms with Crippen molar-refractivity contribution in [1.29, 1.82) is 0 Å². The van der Waals surface area contributed by atoms with E-state index in [1.807, 2.05) is 18.7 Å². The molecular weight excluding hydrogens is 439 g/mol. The second kappa shape index (κ2) is 9.10. The minimum Gasteiger partial charge on any atom is -0.406 e. The van der Waals surface area contributed by atoms with Crippen molar-refractivity contribution in [2.24, 2.45) is 0 Å². The summed E-state index contributed by atoms with van der Waals surface area (Å²) in [4.78, 5) is 25.9. The zero-order chi connectivity index (χ0) is 23.6. The first-order chi connectivity index (χ1) is 15.7. The number of aromatic amines is 1. The summed E-state index contributed by atoms with van der Waals surface area (Å²) in [6, 6.07) is 8.61. The Morgan fingerprint density at radius 2 is 1.82 bits per heavy atom. The van der Waals surface area contributed by atoms with Gasteiger partial charge in [-0.2, -0.15) is 4.98 Å². The van der Waals surface area contributed by atoms with E-state index in [1.54, 1.807) is 18.3 Å². The van der Waals surface area contributed by atoms with Gasteiger partial charge in [0.25, 0.3) is 5.56 Å². The van der Waals surface area contributed by atoms with Crippen LogP contribution in [0.15, 0.2) is 53.6 Å². The van der Waals surface area contributed by atoms with Gasteiger partial charge in [-0.15, -0.1) is 13.2 Å². The lowest BCUT2D eigenvalue weighted by molar-refractivity contribution is -0.274. The normalized spacial score (nSPS) is 18.8. The second-order valence-corrected chi connectivity index (χ2v) is 7.73. The Kier molecular flexibility index (Phi) is 6.23. The molecule has 0 aliphatic carbocycles. The van der Waals surface area contributed by atoms with Crippen LogP contribution in [0.4, 0.5) is 30.6 Å². The van der Waals surface area contributed by atoms with Gasteiger partial charge in [0.2, 0.25) is 5.95 Å². The van der Waals surface area contributed by atoms with E-state index >= 15 is 0 Å². The summed E-state index contributed by atoms with van der Waals surface area (Å²) in [5.74, 6) is 0.632. The van der Waals surface area contributed by atoms with E-state index in [0.717, 1.165) is 0 Å². The largest absolute Gasteiger partial charge is 0.573 e. The molecule has 1 aliphatic heterocycles. The van der Waals surface area contributed by atoms with E-state index in [2.05, 4.69) is 25.0 Å². The molecule has 2 aromatic heterocycles. The fraction of sp³-hybridized carbons (Fsp3) is 0.318. The summed E-state index contributed by atoms with van der Waals surface area (Å²) in [7, 11) is 0. The smallest absolute Gasteiger partial charge is 0.406 e. The summed E-state index contributed by atoms with van der Waals surface area (Å²) in [5.41, 5.74) is 1.06. The third kappa shape index (κ3) is 5.80. The van der Waals surface area contributed by atoms with Crippen LogP contribution in [0.2, 0.25) is 0 Å². The number of ether oxygens (including phenoxy) is 2. The fourth-order valence-corrected chi connectivity index (χ4v) is 3.64. The van der Waals surface area contributed by atoms with E-state index in [1.165, 1.54) is 30.5 Å². The first-order valence-corrected chi connectivity index (χ1v) is 10.3. The van der Waals surface area contributed by atoms with Gasteiger partial charge in [-0.25, -0.2) is 4.98 Å². The number of aromatic nitrogens is 3. The van der Waals surface area contributed by atoms with Gasteiger partial charge in [0, 0.05) is 31.0 Å². The highest BCUT2D eigenvalue weighted by Gasteiger charge is 2.31. The van der Waals surface area contributed by atoms with Gasteiger partial charge in [-0.05, 0) is 43.7 Å². The minimum absolute atomic E-state index is 0.0430. The Bertz CT molecular complexity index is 1160. The highest BCUT2D eigenvalue weighted by Crippen LogP contribution is 2.27. The molecule has 4 rings (SSSR count). The van der Waals surface area contributed by atoms with Gasteiger partial charge in [0.15, 0.2) is 0 Å². The van der Waals surface area contributed by atoms with Crippen LogP contribution in [0.5, 0.6) is 5.75 Å². The van der Waals surface area contributed by atoms with Crippen LogP contribution in [-0.4, -0.2) is 46.6 Å². The third-order valence-electron chi connectivity index (χ3n) is 4.93. The Hall–Kier alpha value is -3.60. The maximum Gasteiger partial charge on any atom is 0.573 e. The zero-order valence-electron chi connectivity index (χ0n) is 17.9. The number of H-pyrrole nitrogens is 1. The predicted molar refractivity (Wildman–Crippen MR) is 117 cm³/mol. The molecule has 3 aromatic rings. The van der Waals surface area contributed by atoms with Crippen molar-refractivity contribution in [3.8, 4) is 16.9 Å². The quantitative estimate of drug-likeness (QED) is 0.591. The van der Waals surface area contributed by atoms with E-state index in [4.69, 9.17) is 4.74 Å². The van der Waals surface area contributed by atoms with E-state index < -0.39 is 6.36 Å². The van der Waals surface area contributed by atoms with Crippen molar-refractivity contribution in [3.63, 3.8) is 0 Å². The zero-order valence-corrected chi connectivity index (χ0v) is 17.9. The molecule has 2 N–H and O–H groups in total. The molecule has 0 bridgehead atoms. The minimum atomic E-state index is -4.76. The number of nitrogens with zero attached hydrogens (tertiary/aromatic N) is 3. The summed E-state index contributed by atoms with van der Waals surface area (Å²) in [6.07, 6.45) is -1.59. The van der Waals surface area contributed by atoms with Gasteiger partial charge in [0.05, 0.1) is 12.2 Å². The summed E-state index contributed by atoms with van der Waals surface area (Å²) >= 11 is 0. The molecule has 33 heavy (non-hydrogen) atoms. The molecule has 0 spiro atoms. The molecular formula is C22H22F3N5O3. The lowest BCUT2D eigenvalue weighted by atomic mass is 10.1. The molecule has 1 fully saturated rings. The van der Waals surface area contributed by atoms with Crippen LogP contribution in [0.1, 0.15) is 13.8 Å². The molecule has 1 saturated heterocycles. The summed E-state index contributed by atoms with van der Waals surface area (Å²) < 4.78 is 46.7. The molecule has 0 amide bonds. The number of anilines is 3. The lowest BCUT2D eigenvalue weighted by Crippen LogP contribution is -2.46. The highest BCUT2D eigenvalue weighted by atomic mass is 19.4. The molecule has 0 radical (unpaired) electrons. The number of morpholine rings is 1. The number of nitrogens with one attached hydrogen (secondary N) is 2. The van der Waals surface area contributed by atoms with Gasteiger partial charge in [0.1, 0.15) is 17.3 Å². The number of benzene rings is 1. The topological polar surface area (TPSA) is 92.4 Å². The van der Waals surface area contributed by atoms with Crippen LogP contribution in [0, 0.1) is 0 Å². The van der Waals surface area contributed by atoms with Crippen LogP contribution in [0.25, 0.3) is 11.1 Å². The van der Waals surface area contributed by atoms with Gasteiger partial charge in [-0.3, -0.25) is 4.79 Å². The first-order valence-electron chi connectivity index (χ1n) is 10.3. The number of hydrogen-bond donors (Lipinski definition) is 2. The number of pyridine rings is 1. The Morgan fingerprint density at radius 1 is 1.12 bits per heavy atom. The maximum absolute atomic E-state index is 12.4. The fourth-order valence-electron chi connectivity index (χ4n) is 3.64. The Morgan fingerprint density at radius 3 is 2.48 bits per heavy atom. The van der Waals surface area contributed by atoms with E-state index in [0.29, 0.717) is 36.0 Å². The van der Waals surface area contributed by atoms with Crippen molar-refractivity contribution in [1.82, 2.24) is 15.0 Å². The highest BCUT2D eigenvalue weighted by molar-refractivity contribution is 5.69. The van der Waals surface area contributed by atoms with Crippen LogP contribution < -0.4 is 20.5 Å². The van der Waals surface area contributed by atoms with Crippen molar-refractivity contribution in [2.75, 3.05) is 23.3 Å². The van der Waals surface area contributed by atoms with Crippen molar-refractivity contribution in [2.45, 2.75) is 32.4 Å². The molecule has 2 atom stereocenters. The number of hydrogen-bond acceptors (Lipinski definition) is 7. The van der Waals surface area contributed by atoms with Crippen molar-refractivity contribution < 1.29 is 22.6 Å². The maximum atomic E-state index is 12.4. The SMILES string of the molecule is C[C@@H]1CN(c2nccc(Nc3cc(-c4ccc(OC(F)(F)F)cc4)c[nH]c3=O)n2)C[C@H](C)O1. The molecule has 11 heteroatoms. The van der Waals surface area contributed by atoms with Crippen LogP contribution >= 0.6 is 0 Å². The Balaban J connectivity index is 1.54. The van der Waals surface area contributed by atoms with Crippen LogP contribution in [-0.2, 0) is 4.74 Å². The van der Waals surface area contributed by atoms with Crippen molar-refractivity contribution in [3.05, 3.63) is 59.1 Å². The molecule has 174 valence electrons. The molecule has 0 unspecified atom stereocenters. The average molecular weight is 461 g/mol. The molecule has 3 heterocycles. The number of rotatable bonds is 5. The van der Waals surface area contributed by atoms with Crippen molar-refractivity contribution >= 4 is 17.5 Å². The van der Waals surface area contributed by atoms with Gasteiger partial charge in [-0.1, -0.05) is 12.1 Å². The standard InChI is InChI=1S/C22H22F3N5O3/c1-13-11-30(12-14(2)32-13)21-26-8-7-19(29-21)28-18-9-16(10-27-20(18)31)15-3-5-17(6-4-15)33-22(23,24)25/h3-10,13-14H,11-12H2,1-2H3,(H,27,31)(H,26,28,29)/t13-,14+. The predicted octanol–water partition coefficient (Wildman–Crippen LogP) is 4.09. The first kappa shape index (κ1) is 22.6. The van der Waals surface area contributed by atoms with Crippen LogP contribution in [0.3, 0.4) is 0 Å². The monoisotopic (exact) mass is 461 g/mol. The van der Waals surface area contributed by atoms with E-state index in [-0.39, 0.29) is 29.2 Å². The number of halogens is 3. The average Bonchev–Trinajstić information content (AvgIpc) is 2.74. The number of alkyl halides is 3. The molecule has 8 nitrogen and oxygen atoms in total. The van der Waals surface area contributed by atoms with E-state index in [9.17, 15) is 18.0 Å². The lowest BCUT2D eigenvalue weighted by Gasteiger charge is -2.35. The Labute approximate surface area is 187 Å². The molecule has 1 aliphatic rings. The molecule has 0 saturated carbocycles. The third-order valence-corrected chi connectivity index (χ3v) is 4.93. The summed E-state index contributed by atoms with van der Waals surface area (Å²) in [5, 5.41) is 3.00. The van der Waals surface area contributed by atoms with Gasteiger partial charge >= 0.3 is 6.36 Å². The molecule has 1 aromatic carbocycles. The summed E-state index contributed by atoms with van der Waals surface area (Å²) in [6.45, 7) is 5.27. The second-order valence-electron chi connectivity index (χ2n) is 7.73. The van der Waals surface area contributed by atoms with Gasteiger partial charge < -0.3 is 24.7 Å².